The molecule has 0 spiro atoms. The summed E-state index contributed by atoms with van der Waals surface area (Å²) in [5.74, 6) is 1.26. The van der Waals surface area contributed by atoms with Crippen LogP contribution in [0.3, 0.4) is 0 Å². The van der Waals surface area contributed by atoms with Gasteiger partial charge in [0.05, 0.1) is 18.6 Å². The van der Waals surface area contributed by atoms with Crippen LogP contribution in [0.4, 0.5) is 5.69 Å². The molecule has 0 unspecified atom stereocenters. The lowest BCUT2D eigenvalue weighted by Crippen LogP contribution is -2.37. The number of sulfonamides is 1. The van der Waals surface area contributed by atoms with Gasteiger partial charge in [-0.05, 0) is 49.7 Å². The number of benzene rings is 2. The van der Waals surface area contributed by atoms with Crippen LogP contribution in [0.15, 0.2) is 36.4 Å². The first kappa shape index (κ1) is 29.3. The van der Waals surface area contributed by atoms with Gasteiger partial charge in [-0.1, -0.05) is 6.07 Å². The van der Waals surface area contributed by atoms with Crippen LogP contribution in [0.25, 0.3) is 0 Å². The third-order valence-corrected chi connectivity index (χ3v) is 5.80. The third kappa shape index (κ3) is 9.24. The van der Waals surface area contributed by atoms with Gasteiger partial charge in [0.1, 0.15) is 30.8 Å². The van der Waals surface area contributed by atoms with E-state index in [1.54, 1.807) is 25.1 Å². The normalized spacial score (nSPS) is 15.4. The Morgan fingerprint density at radius 2 is 2.00 bits per heavy atom. The number of carbonyl (C=O) groups excluding carboxylic acids is 1. The monoisotopic (exact) mass is 554 g/mol. The van der Waals surface area contributed by atoms with Gasteiger partial charge in [-0.15, -0.1) is 0 Å². The van der Waals surface area contributed by atoms with Crippen molar-refractivity contribution in [1.82, 2.24) is 5.32 Å². The lowest BCUT2D eigenvalue weighted by Gasteiger charge is -2.25. The van der Waals surface area contributed by atoms with E-state index in [4.69, 9.17) is 28.4 Å². The highest BCUT2D eigenvalue weighted by Crippen LogP contribution is 2.33. The second-order valence-electron chi connectivity index (χ2n) is 8.45. The topological polar surface area (TPSA) is 151 Å². The van der Waals surface area contributed by atoms with E-state index in [1.807, 2.05) is 12.1 Å². The Bertz CT molecular complexity index is 1170. The van der Waals surface area contributed by atoms with Crippen LogP contribution in [-0.2, 0) is 30.7 Å². The minimum atomic E-state index is -3.54. The summed E-state index contributed by atoms with van der Waals surface area (Å²) in [5, 5.41) is 13.5. The fourth-order valence-corrected chi connectivity index (χ4v) is 4.06. The summed E-state index contributed by atoms with van der Waals surface area (Å²) < 4.78 is 57.9. The van der Waals surface area contributed by atoms with E-state index < -0.39 is 28.2 Å². The van der Waals surface area contributed by atoms with E-state index in [0.717, 1.165) is 11.8 Å². The Morgan fingerprint density at radius 3 is 2.74 bits per heavy atom. The Kier molecular flexibility index (Phi) is 10.8. The number of aliphatic hydroxyl groups is 1. The predicted octanol–water partition coefficient (Wildman–Crippen LogP) is 1.32. The van der Waals surface area contributed by atoms with Crippen LogP contribution < -0.4 is 29.0 Å². The molecule has 0 bridgehead atoms. The SMILES string of the molecule is CCOC(=O)[C@H]1COc2cc(CCNC[C@H](O)COc3ccc(OCOC)c(NS(C)(=O)=O)c3)ccc2O1. The standard InChI is InChI=1S/C25H34N2O10S/c1-4-33-25(29)24-15-35-23-11-17(5-7-22(23)37-24)9-10-26-13-18(28)14-34-19-6-8-21(36-16-32-2)20(12-19)27-38(3,30)31/h5-8,11-12,18,24,26-28H,4,9-10,13-16H2,1-3H3/t18-,24+/m0/s1. The molecule has 0 aromatic heterocycles. The highest BCUT2D eigenvalue weighted by molar-refractivity contribution is 7.92. The van der Waals surface area contributed by atoms with Crippen molar-refractivity contribution < 1.29 is 46.7 Å². The molecule has 0 saturated heterocycles. The molecule has 0 radical (unpaired) electrons. The number of aliphatic hydroxyl groups excluding tert-OH is 1. The molecule has 0 fully saturated rings. The van der Waals surface area contributed by atoms with Gasteiger partial charge in [0.2, 0.25) is 16.1 Å². The number of hydrogen-bond acceptors (Lipinski definition) is 11. The van der Waals surface area contributed by atoms with Crippen LogP contribution in [-0.4, -0.2) is 84.8 Å². The molecule has 38 heavy (non-hydrogen) atoms. The maximum absolute atomic E-state index is 11.8. The summed E-state index contributed by atoms with van der Waals surface area (Å²) in [4.78, 5) is 11.8. The van der Waals surface area contributed by atoms with Gasteiger partial charge in [0, 0.05) is 19.7 Å². The first-order chi connectivity index (χ1) is 18.2. The number of methoxy groups -OCH3 is 1. The molecule has 0 amide bonds. The van der Waals surface area contributed by atoms with Crippen LogP contribution in [0.2, 0.25) is 0 Å². The Morgan fingerprint density at radius 1 is 1.18 bits per heavy atom. The van der Waals surface area contributed by atoms with Crippen molar-refractivity contribution >= 4 is 21.7 Å². The third-order valence-electron chi connectivity index (χ3n) is 5.21. The fraction of sp³-hybridized carbons (Fsp3) is 0.480. The average Bonchev–Trinajstić information content (AvgIpc) is 2.88. The molecule has 3 N–H and O–H groups in total. The van der Waals surface area contributed by atoms with E-state index in [0.29, 0.717) is 30.2 Å². The lowest BCUT2D eigenvalue weighted by atomic mass is 10.1. The van der Waals surface area contributed by atoms with Gasteiger partial charge in [-0.3, -0.25) is 4.72 Å². The summed E-state index contributed by atoms with van der Waals surface area (Å²) in [5.41, 5.74) is 1.20. The molecule has 2 aromatic carbocycles. The van der Waals surface area contributed by atoms with Gasteiger partial charge in [-0.2, -0.15) is 0 Å². The van der Waals surface area contributed by atoms with Crippen molar-refractivity contribution in [3.8, 4) is 23.0 Å². The molecule has 2 aromatic rings. The van der Waals surface area contributed by atoms with E-state index in [-0.39, 0.29) is 44.6 Å². The van der Waals surface area contributed by atoms with E-state index in [9.17, 15) is 18.3 Å². The predicted molar refractivity (Wildman–Crippen MR) is 138 cm³/mol. The summed E-state index contributed by atoms with van der Waals surface area (Å²) >= 11 is 0. The van der Waals surface area contributed by atoms with Crippen molar-refractivity contribution in [2.45, 2.75) is 25.6 Å². The van der Waals surface area contributed by atoms with Gasteiger partial charge in [0.25, 0.3) is 0 Å². The molecule has 3 rings (SSSR count). The summed E-state index contributed by atoms with van der Waals surface area (Å²) in [6.07, 6.45) is 0.131. The van der Waals surface area contributed by atoms with Crippen molar-refractivity contribution in [3.05, 3.63) is 42.0 Å². The lowest BCUT2D eigenvalue weighted by molar-refractivity contribution is -0.153. The molecule has 210 valence electrons. The van der Waals surface area contributed by atoms with E-state index in [1.165, 1.54) is 13.2 Å². The maximum Gasteiger partial charge on any atom is 0.350 e. The van der Waals surface area contributed by atoms with E-state index >= 15 is 0 Å². The number of carbonyl (C=O) groups is 1. The highest BCUT2D eigenvalue weighted by Gasteiger charge is 2.28. The van der Waals surface area contributed by atoms with Gasteiger partial charge in [-0.25, -0.2) is 13.2 Å². The summed E-state index contributed by atoms with van der Waals surface area (Å²) in [6.45, 7) is 2.93. The van der Waals surface area contributed by atoms with Crippen molar-refractivity contribution in [2.24, 2.45) is 0 Å². The highest BCUT2D eigenvalue weighted by atomic mass is 32.2. The van der Waals surface area contributed by atoms with Gasteiger partial charge in [0.15, 0.2) is 18.3 Å². The Balaban J connectivity index is 1.43. The number of nitrogens with one attached hydrogen (secondary N) is 2. The molecule has 1 heterocycles. The summed E-state index contributed by atoms with van der Waals surface area (Å²) in [7, 11) is -2.09. The first-order valence-electron chi connectivity index (χ1n) is 12.0. The molecular weight excluding hydrogens is 520 g/mol. The van der Waals surface area contributed by atoms with Crippen molar-refractivity contribution in [2.75, 3.05) is 57.8 Å². The number of ether oxygens (including phenoxy) is 6. The second kappa shape index (κ2) is 14.0. The maximum atomic E-state index is 11.8. The largest absolute Gasteiger partial charge is 0.491 e. The zero-order chi connectivity index (χ0) is 27.5. The molecule has 13 heteroatoms. The smallest absolute Gasteiger partial charge is 0.350 e. The number of fused-ring (bicyclic) bond motifs is 1. The molecule has 2 atom stereocenters. The Hall–Kier alpha value is -3.26. The number of hydrogen-bond donors (Lipinski definition) is 3. The number of rotatable bonds is 15. The van der Waals surface area contributed by atoms with Crippen molar-refractivity contribution in [3.63, 3.8) is 0 Å². The van der Waals surface area contributed by atoms with Crippen LogP contribution in [0, 0.1) is 0 Å². The number of anilines is 1. The van der Waals surface area contributed by atoms with Crippen molar-refractivity contribution in [1.29, 1.82) is 0 Å². The van der Waals surface area contributed by atoms with Gasteiger partial charge >= 0.3 is 5.97 Å². The molecule has 12 nitrogen and oxygen atoms in total. The Labute approximate surface area is 222 Å². The zero-order valence-electron chi connectivity index (χ0n) is 21.6. The molecule has 0 saturated carbocycles. The minimum absolute atomic E-state index is 0.00472. The number of esters is 1. The quantitative estimate of drug-likeness (QED) is 0.166. The first-order valence-corrected chi connectivity index (χ1v) is 13.9. The van der Waals surface area contributed by atoms with Crippen LogP contribution in [0.5, 0.6) is 23.0 Å². The van der Waals surface area contributed by atoms with E-state index in [2.05, 4.69) is 10.0 Å². The minimum Gasteiger partial charge on any atom is -0.491 e. The average molecular weight is 555 g/mol. The molecule has 1 aliphatic rings. The fourth-order valence-electron chi connectivity index (χ4n) is 3.50. The second-order valence-corrected chi connectivity index (χ2v) is 10.2. The zero-order valence-corrected chi connectivity index (χ0v) is 22.4. The van der Waals surface area contributed by atoms with Crippen LogP contribution >= 0.6 is 0 Å². The molecular formula is C25H34N2O10S. The molecule has 0 aliphatic carbocycles. The van der Waals surface area contributed by atoms with Crippen LogP contribution in [0.1, 0.15) is 12.5 Å². The summed E-state index contributed by atoms with van der Waals surface area (Å²) in [6, 6.07) is 10.1. The van der Waals surface area contributed by atoms with Gasteiger partial charge < -0.3 is 38.8 Å². The molecule has 1 aliphatic heterocycles.